The predicted molar refractivity (Wildman–Crippen MR) is 38.6 cm³/mol. The zero-order chi connectivity index (χ0) is 8.91. The second-order valence-electron chi connectivity index (χ2n) is 1.78. The Morgan fingerprint density at radius 3 is 2.73 bits per heavy atom. The molecule has 1 unspecified atom stereocenters. The van der Waals surface area contributed by atoms with Crippen molar-refractivity contribution in [2.45, 2.75) is 6.92 Å². The molecule has 0 aliphatic rings. The fourth-order valence-electron chi connectivity index (χ4n) is 0.474. The van der Waals surface area contributed by atoms with E-state index in [1.807, 2.05) is 0 Å². The fourth-order valence-corrected chi connectivity index (χ4v) is 1.42. The van der Waals surface area contributed by atoms with Gasteiger partial charge in [0, 0.05) is 0 Å². The van der Waals surface area contributed by atoms with Crippen LogP contribution in [0.3, 0.4) is 0 Å². The Labute approximate surface area is 64.2 Å². The molecule has 0 spiro atoms. The van der Waals surface area contributed by atoms with Crippen molar-refractivity contribution in [2.24, 2.45) is 5.84 Å². The van der Waals surface area contributed by atoms with Crippen molar-refractivity contribution in [1.82, 2.24) is 5.43 Å². The van der Waals surface area contributed by atoms with Crippen molar-refractivity contribution in [3.05, 3.63) is 0 Å². The summed E-state index contributed by atoms with van der Waals surface area (Å²) in [5.74, 6) is 3.97. The van der Waals surface area contributed by atoms with Crippen LogP contribution < -0.4 is 11.3 Å². The van der Waals surface area contributed by atoms with Crippen molar-refractivity contribution >= 4 is 13.5 Å². The minimum atomic E-state index is -3.76. The maximum absolute atomic E-state index is 10.8. The SMILES string of the molecule is CCOP(=O)(O)CC(=O)NN. The first-order valence-corrected chi connectivity index (χ1v) is 4.74. The van der Waals surface area contributed by atoms with E-state index in [1.54, 1.807) is 12.3 Å². The zero-order valence-electron chi connectivity index (χ0n) is 6.11. The van der Waals surface area contributed by atoms with E-state index < -0.39 is 19.7 Å². The van der Waals surface area contributed by atoms with Gasteiger partial charge in [-0.05, 0) is 6.92 Å². The third kappa shape index (κ3) is 4.92. The van der Waals surface area contributed by atoms with Gasteiger partial charge in [0.1, 0.15) is 6.16 Å². The van der Waals surface area contributed by atoms with Crippen LogP contribution in [0.1, 0.15) is 6.92 Å². The molecule has 0 aliphatic carbocycles. The van der Waals surface area contributed by atoms with Crippen LogP contribution in [-0.2, 0) is 13.9 Å². The molecule has 0 fully saturated rings. The summed E-state index contributed by atoms with van der Waals surface area (Å²) in [5, 5.41) is 0. The first kappa shape index (κ1) is 10.6. The first-order chi connectivity index (χ1) is 5.02. The van der Waals surface area contributed by atoms with E-state index in [0.717, 1.165) is 0 Å². The van der Waals surface area contributed by atoms with Gasteiger partial charge in [0.05, 0.1) is 6.61 Å². The van der Waals surface area contributed by atoms with Crippen LogP contribution >= 0.6 is 7.60 Å². The fraction of sp³-hybridized carbons (Fsp3) is 0.750. The molecule has 1 amide bonds. The summed E-state index contributed by atoms with van der Waals surface area (Å²) in [6.07, 6.45) is -0.600. The quantitative estimate of drug-likeness (QED) is 0.228. The molecule has 0 bridgehead atoms. The molecular formula is C4H11N2O4P. The van der Waals surface area contributed by atoms with Crippen LogP contribution in [0.5, 0.6) is 0 Å². The molecule has 0 aromatic heterocycles. The van der Waals surface area contributed by atoms with Crippen molar-refractivity contribution in [2.75, 3.05) is 12.8 Å². The summed E-state index contributed by atoms with van der Waals surface area (Å²) in [6.45, 7) is 1.65. The van der Waals surface area contributed by atoms with Crippen LogP contribution in [0.15, 0.2) is 0 Å². The van der Waals surface area contributed by atoms with Gasteiger partial charge < -0.3 is 9.42 Å². The summed E-state index contributed by atoms with van der Waals surface area (Å²) in [6, 6.07) is 0. The number of hydrogen-bond donors (Lipinski definition) is 3. The lowest BCUT2D eigenvalue weighted by molar-refractivity contribution is -0.118. The Morgan fingerprint density at radius 2 is 2.36 bits per heavy atom. The Kier molecular flexibility index (Phi) is 4.29. The van der Waals surface area contributed by atoms with Gasteiger partial charge in [-0.15, -0.1) is 0 Å². The highest BCUT2D eigenvalue weighted by Crippen LogP contribution is 2.40. The maximum atomic E-state index is 10.8. The van der Waals surface area contributed by atoms with Crippen LogP contribution in [0.25, 0.3) is 0 Å². The Hall–Kier alpha value is -0.420. The van der Waals surface area contributed by atoms with Gasteiger partial charge in [-0.2, -0.15) is 0 Å². The summed E-state index contributed by atoms with van der Waals surface area (Å²) in [4.78, 5) is 19.3. The van der Waals surface area contributed by atoms with E-state index in [-0.39, 0.29) is 6.61 Å². The normalized spacial score (nSPS) is 15.5. The lowest BCUT2D eigenvalue weighted by Crippen LogP contribution is -2.32. The van der Waals surface area contributed by atoms with Crippen LogP contribution in [0.4, 0.5) is 0 Å². The molecule has 7 heteroatoms. The van der Waals surface area contributed by atoms with Gasteiger partial charge in [-0.1, -0.05) is 0 Å². The lowest BCUT2D eigenvalue weighted by atomic mass is 10.8. The minimum Gasteiger partial charge on any atom is -0.324 e. The molecule has 0 rings (SSSR count). The van der Waals surface area contributed by atoms with E-state index in [1.165, 1.54) is 0 Å². The maximum Gasteiger partial charge on any atom is 0.337 e. The summed E-state index contributed by atoms with van der Waals surface area (Å²) in [5.41, 5.74) is 1.73. The van der Waals surface area contributed by atoms with Crippen molar-refractivity contribution in [3.8, 4) is 0 Å². The molecule has 0 aromatic carbocycles. The molecular weight excluding hydrogens is 171 g/mol. The van der Waals surface area contributed by atoms with Crippen LogP contribution in [0, 0.1) is 0 Å². The van der Waals surface area contributed by atoms with E-state index >= 15 is 0 Å². The number of hydrogen-bond acceptors (Lipinski definition) is 4. The molecule has 0 heterocycles. The van der Waals surface area contributed by atoms with E-state index in [0.29, 0.717) is 0 Å². The highest BCUT2D eigenvalue weighted by molar-refractivity contribution is 7.53. The average molecular weight is 182 g/mol. The third-order valence-electron chi connectivity index (χ3n) is 0.835. The molecule has 0 aliphatic heterocycles. The smallest absolute Gasteiger partial charge is 0.324 e. The first-order valence-electron chi connectivity index (χ1n) is 2.97. The number of hydrazine groups is 1. The molecule has 0 saturated heterocycles. The molecule has 11 heavy (non-hydrogen) atoms. The largest absolute Gasteiger partial charge is 0.337 e. The molecule has 0 saturated carbocycles. The number of rotatable bonds is 4. The summed E-state index contributed by atoms with van der Waals surface area (Å²) in [7, 11) is -3.76. The number of nitrogens with two attached hydrogens (primary N) is 1. The molecule has 6 nitrogen and oxygen atoms in total. The zero-order valence-corrected chi connectivity index (χ0v) is 7.01. The summed E-state index contributed by atoms with van der Waals surface area (Å²) >= 11 is 0. The monoisotopic (exact) mass is 182 g/mol. The number of amides is 1. The number of carbonyl (C=O) groups is 1. The van der Waals surface area contributed by atoms with Gasteiger partial charge in [-0.3, -0.25) is 14.8 Å². The molecule has 4 N–H and O–H groups in total. The van der Waals surface area contributed by atoms with Gasteiger partial charge >= 0.3 is 7.60 Å². The van der Waals surface area contributed by atoms with Gasteiger partial charge in [0.2, 0.25) is 5.91 Å². The third-order valence-corrected chi connectivity index (χ3v) is 2.18. The molecule has 0 aromatic rings. The molecule has 66 valence electrons. The standard InChI is InChI=1S/C4H11N2O4P/c1-2-10-11(8,9)3-4(7)6-5/h2-3,5H2,1H3,(H,6,7)(H,8,9). The second kappa shape index (κ2) is 4.46. The predicted octanol–water partition coefficient (Wildman–Crippen LogP) is -0.802. The van der Waals surface area contributed by atoms with Gasteiger partial charge in [0.15, 0.2) is 0 Å². The van der Waals surface area contributed by atoms with Crippen molar-refractivity contribution in [1.29, 1.82) is 0 Å². The van der Waals surface area contributed by atoms with E-state index in [2.05, 4.69) is 10.4 Å². The highest BCUT2D eigenvalue weighted by Gasteiger charge is 2.22. The van der Waals surface area contributed by atoms with Gasteiger partial charge in [-0.25, -0.2) is 5.84 Å². The summed E-state index contributed by atoms with van der Waals surface area (Å²) < 4.78 is 15.2. The van der Waals surface area contributed by atoms with Gasteiger partial charge in [0.25, 0.3) is 0 Å². The average Bonchev–Trinajstić information content (AvgIpc) is 1.86. The molecule has 1 atom stereocenters. The second-order valence-corrected chi connectivity index (χ2v) is 3.63. The minimum absolute atomic E-state index is 0.0889. The number of carbonyl (C=O) groups excluding carboxylic acids is 1. The Balaban J connectivity index is 3.91. The Morgan fingerprint density at radius 1 is 1.82 bits per heavy atom. The number of nitrogens with one attached hydrogen (secondary N) is 1. The van der Waals surface area contributed by atoms with E-state index in [4.69, 9.17) is 4.89 Å². The highest BCUT2D eigenvalue weighted by atomic mass is 31.2. The van der Waals surface area contributed by atoms with Crippen molar-refractivity contribution < 1.29 is 18.8 Å². The van der Waals surface area contributed by atoms with Crippen LogP contribution in [0.2, 0.25) is 0 Å². The topological polar surface area (TPSA) is 102 Å². The van der Waals surface area contributed by atoms with E-state index in [9.17, 15) is 9.36 Å². The Bertz CT molecular complexity index is 183. The lowest BCUT2D eigenvalue weighted by Gasteiger charge is -2.08. The van der Waals surface area contributed by atoms with Crippen molar-refractivity contribution in [3.63, 3.8) is 0 Å². The van der Waals surface area contributed by atoms with Crippen LogP contribution in [-0.4, -0.2) is 23.6 Å². The molecule has 0 radical (unpaired) electrons.